The number of pyridine rings is 1. The number of halogens is 1. The summed E-state index contributed by atoms with van der Waals surface area (Å²) in [5.41, 5.74) is 0. The van der Waals surface area contributed by atoms with Crippen LogP contribution in [0.15, 0.2) is 23.4 Å². The summed E-state index contributed by atoms with van der Waals surface area (Å²) in [7, 11) is -3.16. The monoisotopic (exact) mass is 248 g/mol. The fraction of sp³-hybridized carbons (Fsp3) is 0.250. The van der Waals surface area contributed by atoms with E-state index in [4.69, 9.17) is 5.11 Å². The Bertz CT molecular complexity index is 503. The maximum absolute atomic E-state index is 13.2. The molecule has 0 atom stereocenters. The second-order valence-electron chi connectivity index (χ2n) is 2.95. The molecule has 1 rings (SSSR count). The van der Waals surface area contributed by atoms with Gasteiger partial charge in [0.15, 0.2) is 5.82 Å². The lowest BCUT2D eigenvalue weighted by atomic mass is 10.5. The highest BCUT2D eigenvalue weighted by atomic mass is 32.2. The lowest BCUT2D eigenvalue weighted by molar-refractivity contribution is -0.137. The lowest BCUT2D eigenvalue weighted by Gasteiger charge is -2.14. The molecule has 0 aliphatic rings. The van der Waals surface area contributed by atoms with Crippen molar-refractivity contribution in [2.24, 2.45) is 0 Å². The summed E-state index contributed by atoms with van der Waals surface area (Å²) in [4.78, 5) is 13.7. The quantitative estimate of drug-likeness (QED) is 0.805. The van der Waals surface area contributed by atoms with Crippen LogP contribution in [0.5, 0.6) is 0 Å². The first-order valence-corrected chi connectivity index (χ1v) is 5.58. The normalized spacial score (nSPS) is 11.7. The van der Waals surface area contributed by atoms with Crippen molar-refractivity contribution in [3.05, 3.63) is 24.1 Å². The van der Waals surface area contributed by atoms with Crippen molar-refractivity contribution in [3.63, 3.8) is 0 Å². The summed E-state index contributed by atoms with van der Waals surface area (Å²) in [6.07, 6.45) is 1.12. The van der Waals surface area contributed by atoms with Gasteiger partial charge in [-0.2, -0.15) is 4.31 Å². The third kappa shape index (κ3) is 2.52. The molecule has 0 aliphatic heterocycles. The van der Waals surface area contributed by atoms with Crippen molar-refractivity contribution in [2.45, 2.75) is 5.03 Å². The van der Waals surface area contributed by atoms with E-state index in [0.717, 1.165) is 19.3 Å². The van der Waals surface area contributed by atoms with E-state index < -0.39 is 33.4 Å². The average molecular weight is 248 g/mol. The Kier molecular flexibility index (Phi) is 3.55. The molecule has 0 aromatic carbocycles. The predicted octanol–water partition coefficient (Wildman–Crippen LogP) is -0.0742. The van der Waals surface area contributed by atoms with Crippen LogP contribution in [0.1, 0.15) is 0 Å². The van der Waals surface area contributed by atoms with Crippen LogP contribution in [0.4, 0.5) is 4.39 Å². The van der Waals surface area contributed by atoms with Gasteiger partial charge in [0.1, 0.15) is 6.54 Å². The second-order valence-corrected chi connectivity index (χ2v) is 4.91. The van der Waals surface area contributed by atoms with Gasteiger partial charge in [-0.05, 0) is 12.1 Å². The average Bonchev–Trinajstić information content (AvgIpc) is 2.16. The predicted molar refractivity (Wildman–Crippen MR) is 51.6 cm³/mol. The van der Waals surface area contributed by atoms with Crippen LogP contribution < -0.4 is 0 Å². The highest BCUT2D eigenvalue weighted by Gasteiger charge is 2.27. The highest BCUT2D eigenvalue weighted by molar-refractivity contribution is 7.89. The van der Waals surface area contributed by atoms with Crippen LogP contribution in [0.3, 0.4) is 0 Å². The summed E-state index contributed by atoms with van der Waals surface area (Å²) in [5.74, 6) is -2.35. The van der Waals surface area contributed by atoms with Crippen LogP contribution in [-0.2, 0) is 14.8 Å². The molecule has 0 saturated heterocycles. The van der Waals surface area contributed by atoms with Gasteiger partial charge < -0.3 is 5.11 Å². The zero-order valence-electron chi connectivity index (χ0n) is 8.29. The summed E-state index contributed by atoms with van der Waals surface area (Å²) in [6, 6.07) is 2.18. The van der Waals surface area contributed by atoms with Gasteiger partial charge in [0.25, 0.3) is 10.0 Å². The number of carboxylic acids is 1. The molecule has 8 heteroatoms. The van der Waals surface area contributed by atoms with E-state index in [1.165, 1.54) is 6.07 Å². The van der Waals surface area contributed by atoms with Gasteiger partial charge >= 0.3 is 5.97 Å². The van der Waals surface area contributed by atoms with Gasteiger partial charge in [0, 0.05) is 13.2 Å². The smallest absolute Gasteiger partial charge is 0.318 e. The molecule has 1 heterocycles. The molecular weight excluding hydrogens is 239 g/mol. The van der Waals surface area contributed by atoms with E-state index in [1.54, 1.807) is 0 Å². The number of aromatic nitrogens is 1. The van der Waals surface area contributed by atoms with Crippen LogP contribution in [-0.4, -0.2) is 42.4 Å². The van der Waals surface area contributed by atoms with Gasteiger partial charge in [-0.1, -0.05) is 0 Å². The van der Waals surface area contributed by atoms with Gasteiger partial charge in [0.05, 0.1) is 0 Å². The van der Waals surface area contributed by atoms with E-state index in [2.05, 4.69) is 4.98 Å². The topological polar surface area (TPSA) is 87.6 Å². The Morgan fingerprint density at radius 2 is 2.25 bits per heavy atom. The minimum absolute atomic E-state index is 0.515. The molecule has 0 radical (unpaired) electrons. The number of carbonyl (C=O) groups is 1. The number of nitrogens with zero attached hydrogens (tertiary/aromatic N) is 2. The Labute approximate surface area is 91.4 Å². The fourth-order valence-corrected chi connectivity index (χ4v) is 2.07. The van der Waals surface area contributed by atoms with E-state index in [0.29, 0.717) is 4.31 Å². The van der Waals surface area contributed by atoms with Crippen molar-refractivity contribution in [1.29, 1.82) is 0 Å². The SMILES string of the molecule is CN(CC(=O)O)S(=O)(=O)c1ncccc1F. The van der Waals surface area contributed by atoms with Gasteiger partial charge in [-0.15, -0.1) is 0 Å². The third-order valence-corrected chi connectivity index (χ3v) is 3.48. The molecule has 6 nitrogen and oxygen atoms in total. The molecule has 0 spiro atoms. The van der Waals surface area contributed by atoms with Crippen molar-refractivity contribution in [1.82, 2.24) is 9.29 Å². The molecule has 16 heavy (non-hydrogen) atoms. The zero-order chi connectivity index (χ0) is 12.3. The lowest BCUT2D eigenvalue weighted by Crippen LogP contribution is -2.33. The molecule has 0 fully saturated rings. The van der Waals surface area contributed by atoms with Crippen LogP contribution in [0, 0.1) is 5.82 Å². The number of likely N-dealkylation sites (N-methyl/N-ethyl adjacent to an activating group) is 1. The number of hydrogen-bond donors (Lipinski definition) is 1. The van der Waals surface area contributed by atoms with E-state index >= 15 is 0 Å². The molecule has 1 aromatic rings. The van der Waals surface area contributed by atoms with Crippen molar-refractivity contribution in [3.8, 4) is 0 Å². The molecule has 0 aliphatic carbocycles. The molecule has 0 bridgehead atoms. The van der Waals surface area contributed by atoms with Crippen molar-refractivity contribution >= 4 is 16.0 Å². The second kappa shape index (κ2) is 4.54. The summed E-state index contributed by atoms with van der Waals surface area (Å²) >= 11 is 0. The molecular formula is C8H9FN2O4S. The first-order valence-electron chi connectivity index (χ1n) is 4.14. The largest absolute Gasteiger partial charge is 0.480 e. The standard InChI is InChI=1S/C8H9FN2O4S/c1-11(5-7(12)13)16(14,15)8-6(9)3-2-4-10-8/h2-4H,5H2,1H3,(H,12,13). The number of sulfonamides is 1. The maximum atomic E-state index is 13.2. The van der Waals surface area contributed by atoms with Crippen molar-refractivity contribution < 1.29 is 22.7 Å². The Balaban J connectivity index is 3.12. The molecule has 0 amide bonds. The molecule has 88 valence electrons. The summed E-state index contributed by atoms with van der Waals surface area (Å²) in [5, 5.41) is 7.66. The Hall–Kier alpha value is -1.54. The molecule has 1 N–H and O–H groups in total. The summed E-state index contributed by atoms with van der Waals surface area (Å²) < 4.78 is 37.0. The van der Waals surface area contributed by atoms with Gasteiger partial charge in [0.2, 0.25) is 5.03 Å². The number of aliphatic carboxylic acids is 1. The van der Waals surface area contributed by atoms with Crippen LogP contribution in [0.25, 0.3) is 0 Å². The summed E-state index contributed by atoms with van der Waals surface area (Å²) in [6.45, 7) is -0.752. The zero-order valence-corrected chi connectivity index (χ0v) is 9.11. The number of rotatable bonds is 4. The fourth-order valence-electron chi connectivity index (χ4n) is 0.984. The third-order valence-electron chi connectivity index (χ3n) is 1.74. The van der Waals surface area contributed by atoms with Gasteiger partial charge in [-0.25, -0.2) is 17.8 Å². The minimum atomic E-state index is -4.20. The van der Waals surface area contributed by atoms with Crippen LogP contribution >= 0.6 is 0 Å². The van der Waals surface area contributed by atoms with Crippen molar-refractivity contribution in [2.75, 3.05) is 13.6 Å². The molecule has 1 aromatic heterocycles. The first kappa shape index (κ1) is 12.5. The van der Waals surface area contributed by atoms with E-state index in [9.17, 15) is 17.6 Å². The number of hydrogen-bond acceptors (Lipinski definition) is 4. The van der Waals surface area contributed by atoms with E-state index in [1.807, 2.05) is 0 Å². The Morgan fingerprint density at radius 3 is 2.75 bits per heavy atom. The van der Waals surface area contributed by atoms with E-state index in [-0.39, 0.29) is 0 Å². The molecule has 0 unspecified atom stereocenters. The van der Waals surface area contributed by atoms with Gasteiger partial charge in [-0.3, -0.25) is 4.79 Å². The minimum Gasteiger partial charge on any atom is -0.480 e. The van der Waals surface area contributed by atoms with Crippen LogP contribution in [0.2, 0.25) is 0 Å². The first-order chi connectivity index (χ1) is 7.35. The maximum Gasteiger partial charge on any atom is 0.318 e. The number of carboxylic acid groups (broad SMARTS) is 1. The Morgan fingerprint density at radius 1 is 1.62 bits per heavy atom. The molecule has 0 saturated carbocycles. The highest BCUT2D eigenvalue weighted by Crippen LogP contribution is 2.14.